The van der Waals surface area contributed by atoms with E-state index in [1.807, 2.05) is 6.07 Å². The van der Waals surface area contributed by atoms with Gasteiger partial charge in [0, 0.05) is 0 Å². The molecule has 0 heterocycles. The lowest BCUT2D eigenvalue weighted by molar-refractivity contribution is 1.08. The van der Waals surface area contributed by atoms with Gasteiger partial charge in [0.25, 0.3) is 0 Å². The largest absolute Gasteiger partial charge is 0.324 e. The maximum absolute atomic E-state index is 5.37. The molecule has 74 valence electrons. The molecule has 0 saturated heterocycles. The predicted octanol–water partition coefficient (Wildman–Crippen LogP) is 2.52. The number of rotatable bonds is 3. The summed E-state index contributed by atoms with van der Waals surface area (Å²) in [4.78, 5) is 0. The van der Waals surface area contributed by atoms with Crippen LogP contribution >= 0.6 is 12.4 Å². The third-order valence-electron chi connectivity index (χ3n) is 2.11. The van der Waals surface area contributed by atoms with Crippen molar-refractivity contribution in [2.24, 2.45) is 5.84 Å². The van der Waals surface area contributed by atoms with Gasteiger partial charge in [0.2, 0.25) is 0 Å². The number of benzene rings is 1. The molecule has 0 aromatic heterocycles. The first kappa shape index (κ1) is 12.3. The minimum Gasteiger partial charge on any atom is -0.324 e. The van der Waals surface area contributed by atoms with Gasteiger partial charge < -0.3 is 5.43 Å². The molecule has 1 rings (SSSR count). The Morgan fingerprint density at radius 2 is 1.92 bits per heavy atom. The molecule has 13 heavy (non-hydrogen) atoms. The summed E-state index contributed by atoms with van der Waals surface area (Å²) in [7, 11) is 0. The number of hydrazine groups is 1. The van der Waals surface area contributed by atoms with Crippen molar-refractivity contribution in [3.8, 4) is 0 Å². The average molecular weight is 201 g/mol. The molecule has 0 aliphatic heterocycles. The Morgan fingerprint density at radius 3 is 2.38 bits per heavy atom. The lowest BCUT2D eigenvalue weighted by atomic mass is 10.1. The number of nitrogens with two attached hydrogens (primary N) is 1. The average Bonchev–Trinajstić information content (AvgIpc) is 2.16. The molecule has 0 saturated carbocycles. The SMILES string of the molecule is CCc1ccc(NN)c(CC)c1.Cl. The Morgan fingerprint density at radius 1 is 1.23 bits per heavy atom. The minimum atomic E-state index is 0. The molecule has 2 nitrogen and oxygen atoms in total. The highest BCUT2D eigenvalue weighted by Crippen LogP contribution is 2.17. The van der Waals surface area contributed by atoms with Crippen LogP contribution in [0.4, 0.5) is 5.69 Å². The van der Waals surface area contributed by atoms with Crippen LogP contribution in [0, 0.1) is 0 Å². The van der Waals surface area contributed by atoms with Gasteiger partial charge in [0.15, 0.2) is 0 Å². The quantitative estimate of drug-likeness (QED) is 0.581. The van der Waals surface area contributed by atoms with Crippen molar-refractivity contribution < 1.29 is 0 Å². The summed E-state index contributed by atoms with van der Waals surface area (Å²) in [5, 5.41) is 0. The Bertz CT molecular complexity index is 261. The van der Waals surface area contributed by atoms with Gasteiger partial charge in [-0.1, -0.05) is 26.0 Å². The van der Waals surface area contributed by atoms with E-state index >= 15 is 0 Å². The Labute approximate surface area is 85.9 Å². The molecule has 0 unspecified atom stereocenters. The summed E-state index contributed by atoms with van der Waals surface area (Å²) in [6, 6.07) is 6.35. The van der Waals surface area contributed by atoms with Gasteiger partial charge in [-0.15, -0.1) is 12.4 Å². The van der Waals surface area contributed by atoms with E-state index in [2.05, 4.69) is 31.4 Å². The molecule has 0 spiro atoms. The molecule has 0 atom stereocenters. The van der Waals surface area contributed by atoms with Crippen LogP contribution in [0.25, 0.3) is 0 Å². The highest BCUT2D eigenvalue weighted by atomic mass is 35.5. The van der Waals surface area contributed by atoms with E-state index in [-0.39, 0.29) is 12.4 Å². The van der Waals surface area contributed by atoms with Crippen molar-refractivity contribution in [1.82, 2.24) is 0 Å². The Hall–Kier alpha value is -0.730. The monoisotopic (exact) mass is 200 g/mol. The van der Waals surface area contributed by atoms with E-state index in [1.54, 1.807) is 0 Å². The lowest BCUT2D eigenvalue weighted by Crippen LogP contribution is -2.09. The first-order chi connectivity index (χ1) is 5.81. The van der Waals surface area contributed by atoms with Crippen LogP contribution in [0.2, 0.25) is 0 Å². The highest BCUT2D eigenvalue weighted by Gasteiger charge is 1.98. The van der Waals surface area contributed by atoms with E-state index in [0.29, 0.717) is 0 Å². The molecule has 1 aromatic carbocycles. The molecule has 3 N–H and O–H groups in total. The maximum atomic E-state index is 5.37. The Balaban J connectivity index is 0.00000144. The fourth-order valence-corrected chi connectivity index (χ4v) is 1.30. The minimum absolute atomic E-state index is 0. The Kier molecular flexibility index (Phi) is 5.51. The second-order valence-corrected chi connectivity index (χ2v) is 2.84. The summed E-state index contributed by atoms with van der Waals surface area (Å²) in [6.45, 7) is 4.29. The zero-order valence-electron chi connectivity index (χ0n) is 8.13. The molecule has 0 amide bonds. The van der Waals surface area contributed by atoms with Crippen LogP contribution in [-0.4, -0.2) is 0 Å². The summed E-state index contributed by atoms with van der Waals surface area (Å²) in [6.07, 6.45) is 2.10. The smallest absolute Gasteiger partial charge is 0.0517 e. The van der Waals surface area contributed by atoms with Gasteiger partial charge in [-0.05, 0) is 30.0 Å². The van der Waals surface area contributed by atoms with Crippen molar-refractivity contribution in [1.29, 1.82) is 0 Å². The van der Waals surface area contributed by atoms with E-state index in [9.17, 15) is 0 Å². The first-order valence-electron chi connectivity index (χ1n) is 4.40. The van der Waals surface area contributed by atoms with Gasteiger partial charge in [-0.3, -0.25) is 5.84 Å². The van der Waals surface area contributed by atoms with Crippen LogP contribution in [0.5, 0.6) is 0 Å². The zero-order valence-corrected chi connectivity index (χ0v) is 8.95. The lowest BCUT2D eigenvalue weighted by Gasteiger charge is -2.08. The standard InChI is InChI=1S/C10H16N2.ClH/c1-3-8-5-6-10(12-11)9(4-2)7-8;/h5-7,12H,3-4,11H2,1-2H3;1H. The molecule has 0 fully saturated rings. The number of halogens is 1. The van der Waals surface area contributed by atoms with E-state index in [0.717, 1.165) is 18.5 Å². The second-order valence-electron chi connectivity index (χ2n) is 2.84. The number of hydrogen-bond donors (Lipinski definition) is 2. The van der Waals surface area contributed by atoms with Crippen molar-refractivity contribution >= 4 is 18.1 Å². The van der Waals surface area contributed by atoms with Crippen LogP contribution in [0.1, 0.15) is 25.0 Å². The van der Waals surface area contributed by atoms with Crippen molar-refractivity contribution in [2.75, 3.05) is 5.43 Å². The van der Waals surface area contributed by atoms with E-state index in [1.165, 1.54) is 11.1 Å². The van der Waals surface area contributed by atoms with Gasteiger partial charge >= 0.3 is 0 Å². The second kappa shape index (κ2) is 5.84. The molecule has 0 aliphatic rings. The fourth-order valence-electron chi connectivity index (χ4n) is 1.30. The number of hydrogen-bond acceptors (Lipinski definition) is 2. The molecular formula is C10H17ClN2. The molecule has 0 aliphatic carbocycles. The normalized spacial score (nSPS) is 9.15. The number of nitrogens with one attached hydrogen (secondary N) is 1. The topological polar surface area (TPSA) is 38.0 Å². The van der Waals surface area contributed by atoms with Crippen molar-refractivity contribution in [3.05, 3.63) is 29.3 Å². The predicted molar refractivity (Wildman–Crippen MR) is 60.3 cm³/mol. The van der Waals surface area contributed by atoms with E-state index < -0.39 is 0 Å². The third kappa shape index (κ3) is 2.90. The van der Waals surface area contributed by atoms with E-state index in [4.69, 9.17) is 5.84 Å². The first-order valence-corrected chi connectivity index (χ1v) is 4.40. The van der Waals surface area contributed by atoms with Gasteiger partial charge in [0.1, 0.15) is 0 Å². The molecule has 1 aromatic rings. The molecule has 3 heteroatoms. The van der Waals surface area contributed by atoms with Crippen molar-refractivity contribution in [2.45, 2.75) is 26.7 Å². The summed E-state index contributed by atoms with van der Waals surface area (Å²) in [5.41, 5.74) is 6.39. The van der Waals surface area contributed by atoms with Crippen LogP contribution in [0.3, 0.4) is 0 Å². The van der Waals surface area contributed by atoms with Crippen molar-refractivity contribution in [3.63, 3.8) is 0 Å². The molecule has 0 bridgehead atoms. The van der Waals surface area contributed by atoms with Gasteiger partial charge in [-0.25, -0.2) is 0 Å². The van der Waals surface area contributed by atoms with Crippen LogP contribution in [0.15, 0.2) is 18.2 Å². The summed E-state index contributed by atoms with van der Waals surface area (Å²) >= 11 is 0. The number of anilines is 1. The van der Waals surface area contributed by atoms with Crippen LogP contribution < -0.4 is 11.3 Å². The molecule has 0 radical (unpaired) electrons. The summed E-state index contributed by atoms with van der Waals surface area (Å²) < 4.78 is 0. The maximum Gasteiger partial charge on any atom is 0.0517 e. The zero-order chi connectivity index (χ0) is 8.97. The molecular weight excluding hydrogens is 184 g/mol. The van der Waals surface area contributed by atoms with Gasteiger partial charge in [-0.2, -0.15) is 0 Å². The van der Waals surface area contributed by atoms with Gasteiger partial charge in [0.05, 0.1) is 5.69 Å². The third-order valence-corrected chi connectivity index (χ3v) is 2.11. The fraction of sp³-hybridized carbons (Fsp3) is 0.400. The van der Waals surface area contributed by atoms with Crippen LogP contribution in [-0.2, 0) is 12.8 Å². The number of aryl methyl sites for hydroxylation is 2. The highest BCUT2D eigenvalue weighted by molar-refractivity contribution is 5.85. The summed E-state index contributed by atoms with van der Waals surface area (Å²) in [5.74, 6) is 5.37. The number of nitrogen functional groups attached to an aromatic ring is 1.